The summed E-state index contributed by atoms with van der Waals surface area (Å²) in [7, 11) is 0. The highest BCUT2D eigenvalue weighted by Gasteiger charge is 2.25. The molecule has 2 rings (SSSR count). The molecule has 0 aromatic heterocycles. The lowest BCUT2D eigenvalue weighted by Crippen LogP contribution is -2.44. The molecule has 19 heavy (non-hydrogen) atoms. The molecule has 1 aliphatic heterocycles. The fourth-order valence-corrected chi connectivity index (χ4v) is 3.40. The predicted molar refractivity (Wildman–Crippen MR) is 76.0 cm³/mol. The van der Waals surface area contributed by atoms with Gasteiger partial charge in [0.15, 0.2) is 0 Å². The molecule has 2 atom stereocenters. The summed E-state index contributed by atoms with van der Waals surface area (Å²) in [4.78, 5) is 14.1. The van der Waals surface area contributed by atoms with Crippen LogP contribution in [0.15, 0.2) is 0 Å². The quantitative estimate of drug-likeness (QED) is 0.825. The third-order valence-electron chi connectivity index (χ3n) is 4.71. The van der Waals surface area contributed by atoms with E-state index in [1.54, 1.807) is 0 Å². The molecule has 2 N–H and O–H groups in total. The van der Waals surface area contributed by atoms with Gasteiger partial charge in [-0.25, -0.2) is 4.79 Å². The first-order valence-electron chi connectivity index (χ1n) is 7.95. The van der Waals surface area contributed by atoms with E-state index >= 15 is 0 Å². The minimum absolute atomic E-state index is 0.101. The Hall–Kier alpha value is -0.770. The number of nitrogens with one attached hydrogen (secondary N) is 1. The predicted octanol–water partition coefficient (Wildman–Crippen LogP) is 2.37. The van der Waals surface area contributed by atoms with Crippen molar-refractivity contribution < 1.29 is 9.90 Å². The van der Waals surface area contributed by atoms with E-state index in [9.17, 15) is 9.90 Å². The fraction of sp³-hybridized carbons (Fsp3) is 0.933. The number of carbonyl (C=O) groups is 1. The Balaban J connectivity index is 1.75. The molecule has 2 amide bonds. The maximum absolute atomic E-state index is 12.1. The van der Waals surface area contributed by atoms with Crippen molar-refractivity contribution in [3.8, 4) is 0 Å². The Bertz CT molecular complexity index is 275. The summed E-state index contributed by atoms with van der Waals surface area (Å²) in [5, 5.41) is 12.5. The molecule has 4 nitrogen and oxygen atoms in total. The summed E-state index contributed by atoms with van der Waals surface area (Å²) < 4.78 is 0. The molecule has 2 fully saturated rings. The monoisotopic (exact) mass is 268 g/mol. The molecule has 110 valence electrons. The summed E-state index contributed by atoms with van der Waals surface area (Å²) in [5.41, 5.74) is 0. The molecule has 0 aromatic carbocycles. The average molecular weight is 268 g/mol. The molecule has 0 spiro atoms. The molecule has 0 radical (unpaired) electrons. The zero-order valence-electron chi connectivity index (χ0n) is 11.9. The van der Waals surface area contributed by atoms with Crippen molar-refractivity contribution in [3.05, 3.63) is 0 Å². The average Bonchev–Trinajstić information content (AvgIpc) is 2.74. The molecule has 2 aliphatic rings. The number of urea groups is 1. The zero-order chi connectivity index (χ0) is 13.5. The van der Waals surface area contributed by atoms with Gasteiger partial charge in [-0.15, -0.1) is 0 Å². The molecule has 1 heterocycles. The van der Waals surface area contributed by atoms with Gasteiger partial charge in [0, 0.05) is 26.2 Å². The van der Waals surface area contributed by atoms with Gasteiger partial charge >= 0.3 is 6.03 Å². The van der Waals surface area contributed by atoms with Crippen molar-refractivity contribution in [3.63, 3.8) is 0 Å². The second kappa shape index (κ2) is 7.73. The van der Waals surface area contributed by atoms with Crippen molar-refractivity contribution in [2.45, 2.75) is 51.4 Å². The summed E-state index contributed by atoms with van der Waals surface area (Å²) in [6.45, 7) is 2.81. The Morgan fingerprint density at radius 2 is 1.63 bits per heavy atom. The van der Waals surface area contributed by atoms with E-state index in [-0.39, 0.29) is 12.6 Å². The molecular formula is C15H28N2O2. The summed E-state index contributed by atoms with van der Waals surface area (Å²) >= 11 is 0. The topological polar surface area (TPSA) is 52.6 Å². The lowest BCUT2D eigenvalue weighted by atomic mass is 9.80. The van der Waals surface area contributed by atoms with Crippen molar-refractivity contribution in [2.24, 2.45) is 11.8 Å². The first kappa shape index (κ1) is 14.6. The maximum atomic E-state index is 12.1. The summed E-state index contributed by atoms with van der Waals surface area (Å²) in [5.74, 6) is 0.855. The number of aliphatic hydroxyl groups is 1. The van der Waals surface area contributed by atoms with Crippen molar-refractivity contribution in [1.29, 1.82) is 0 Å². The number of amides is 2. The lowest BCUT2D eigenvalue weighted by Gasteiger charge is -2.31. The van der Waals surface area contributed by atoms with Gasteiger partial charge in [0.25, 0.3) is 0 Å². The highest BCUT2D eigenvalue weighted by atomic mass is 16.3. The molecule has 0 bridgehead atoms. The molecule has 2 unspecified atom stereocenters. The largest absolute Gasteiger partial charge is 0.396 e. The second-order valence-corrected chi connectivity index (χ2v) is 6.07. The molecular weight excluding hydrogens is 240 g/mol. The molecule has 0 aromatic rings. The van der Waals surface area contributed by atoms with Crippen molar-refractivity contribution >= 4 is 6.03 Å². The van der Waals surface area contributed by atoms with E-state index in [0.717, 1.165) is 45.3 Å². The number of aliphatic hydroxyl groups excluding tert-OH is 1. The molecule has 1 saturated carbocycles. The van der Waals surface area contributed by atoms with Gasteiger partial charge < -0.3 is 15.3 Å². The first-order chi connectivity index (χ1) is 9.31. The van der Waals surface area contributed by atoms with Gasteiger partial charge in [-0.2, -0.15) is 0 Å². The van der Waals surface area contributed by atoms with Crippen LogP contribution in [0.2, 0.25) is 0 Å². The van der Waals surface area contributed by atoms with Crippen LogP contribution in [0.4, 0.5) is 4.79 Å². The van der Waals surface area contributed by atoms with Gasteiger partial charge in [0.2, 0.25) is 0 Å². The maximum Gasteiger partial charge on any atom is 0.317 e. The third kappa shape index (κ3) is 4.37. The van der Waals surface area contributed by atoms with Crippen molar-refractivity contribution in [1.82, 2.24) is 10.2 Å². The van der Waals surface area contributed by atoms with Crippen LogP contribution in [0.5, 0.6) is 0 Å². The third-order valence-corrected chi connectivity index (χ3v) is 4.71. The van der Waals surface area contributed by atoms with Crippen LogP contribution in [0.3, 0.4) is 0 Å². The van der Waals surface area contributed by atoms with Gasteiger partial charge in [-0.3, -0.25) is 0 Å². The van der Waals surface area contributed by atoms with Crippen LogP contribution in [0.25, 0.3) is 0 Å². The Kier molecular flexibility index (Phi) is 5.95. The summed E-state index contributed by atoms with van der Waals surface area (Å²) in [6.07, 6.45) is 9.49. The number of likely N-dealkylation sites (tertiary alicyclic amines) is 1. The molecule has 4 heteroatoms. The van der Waals surface area contributed by atoms with Gasteiger partial charge in [-0.05, 0) is 37.5 Å². The van der Waals surface area contributed by atoms with Gasteiger partial charge in [0.1, 0.15) is 0 Å². The minimum Gasteiger partial charge on any atom is -0.396 e. The normalized spacial score (nSPS) is 28.8. The van der Waals surface area contributed by atoms with Crippen LogP contribution < -0.4 is 5.32 Å². The van der Waals surface area contributed by atoms with E-state index in [2.05, 4.69) is 5.32 Å². The Morgan fingerprint density at radius 1 is 1.00 bits per heavy atom. The minimum atomic E-state index is 0.101. The van der Waals surface area contributed by atoms with Gasteiger partial charge in [0.05, 0.1) is 0 Å². The number of hydrogen-bond donors (Lipinski definition) is 2. The van der Waals surface area contributed by atoms with E-state index in [0.29, 0.717) is 11.8 Å². The highest BCUT2D eigenvalue weighted by Crippen LogP contribution is 2.29. The Labute approximate surface area is 116 Å². The Morgan fingerprint density at radius 3 is 2.26 bits per heavy atom. The standard InChI is InChI=1S/C15H28N2O2/c18-12-14-8-4-3-7-13(14)11-16-15(19)17-9-5-1-2-6-10-17/h13-14,18H,1-12H2,(H,16,19). The highest BCUT2D eigenvalue weighted by molar-refractivity contribution is 5.74. The molecule has 1 aliphatic carbocycles. The number of rotatable bonds is 3. The first-order valence-corrected chi connectivity index (χ1v) is 7.95. The van der Waals surface area contributed by atoms with E-state index in [1.165, 1.54) is 25.7 Å². The fourth-order valence-electron chi connectivity index (χ4n) is 3.40. The molecule has 1 saturated heterocycles. The van der Waals surface area contributed by atoms with Gasteiger partial charge in [-0.1, -0.05) is 25.7 Å². The number of carbonyl (C=O) groups excluding carboxylic acids is 1. The van der Waals surface area contributed by atoms with Crippen LogP contribution in [-0.2, 0) is 0 Å². The van der Waals surface area contributed by atoms with E-state index in [1.807, 2.05) is 4.90 Å². The summed E-state index contributed by atoms with van der Waals surface area (Å²) in [6, 6.07) is 0.101. The number of hydrogen-bond acceptors (Lipinski definition) is 2. The van der Waals surface area contributed by atoms with E-state index in [4.69, 9.17) is 0 Å². The zero-order valence-corrected chi connectivity index (χ0v) is 11.9. The van der Waals surface area contributed by atoms with Crippen LogP contribution in [-0.4, -0.2) is 42.3 Å². The number of nitrogens with zero attached hydrogens (tertiary/aromatic N) is 1. The van der Waals surface area contributed by atoms with Crippen LogP contribution in [0, 0.1) is 11.8 Å². The van der Waals surface area contributed by atoms with Crippen molar-refractivity contribution in [2.75, 3.05) is 26.2 Å². The smallest absolute Gasteiger partial charge is 0.317 e. The lowest BCUT2D eigenvalue weighted by molar-refractivity contribution is 0.131. The SMILES string of the molecule is O=C(NCC1CCCCC1CO)N1CCCCCC1. The van der Waals surface area contributed by atoms with E-state index < -0.39 is 0 Å². The second-order valence-electron chi connectivity index (χ2n) is 6.07. The van der Waals surface area contributed by atoms with Crippen LogP contribution in [0.1, 0.15) is 51.4 Å². The van der Waals surface area contributed by atoms with Crippen LogP contribution >= 0.6 is 0 Å².